The number of carbonyl (C=O) groups excluding carboxylic acids is 1. The fourth-order valence-electron chi connectivity index (χ4n) is 3.42. The predicted octanol–water partition coefficient (Wildman–Crippen LogP) is 1.88. The maximum absolute atomic E-state index is 12.4. The van der Waals surface area contributed by atoms with Crippen LogP contribution < -0.4 is 5.32 Å². The smallest absolute Gasteiger partial charge is 0.329 e. The summed E-state index contributed by atoms with van der Waals surface area (Å²) in [4.78, 5) is 26.4. The summed E-state index contributed by atoms with van der Waals surface area (Å²) in [6.07, 6.45) is 2.87. The van der Waals surface area contributed by atoms with Gasteiger partial charge >= 0.3 is 5.97 Å². The lowest BCUT2D eigenvalue weighted by molar-refractivity contribution is -0.148. The number of hydrogen-bond donors (Lipinski definition) is 2. The van der Waals surface area contributed by atoms with Crippen LogP contribution in [0.4, 0.5) is 0 Å². The summed E-state index contributed by atoms with van der Waals surface area (Å²) in [7, 11) is 0. The van der Waals surface area contributed by atoms with Gasteiger partial charge in [-0.1, -0.05) is 6.92 Å². The van der Waals surface area contributed by atoms with Gasteiger partial charge < -0.3 is 19.6 Å². The first-order valence-electron chi connectivity index (χ1n) is 8.93. The molecule has 25 heavy (non-hydrogen) atoms. The van der Waals surface area contributed by atoms with E-state index in [1.165, 1.54) is 12.8 Å². The highest BCUT2D eigenvalue weighted by atomic mass is 16.5. The van der Waals surface area contributed by atoms with Crippen LogP contribution in [-0.2, 0) is 16.1 Å². The molecule has 0 spiro atoms. The molecule has 0 saturated carbocycles. The van der Waals surface area contributed by atoms with Crippen LogP contribution in [0, 0.1) is 5.92 Å². The van der Waals surface area contributed by atoms with Crippen molar-refractivity contribution in [2.24, 2.45) is 5.92 Å². The molecule has 0 aromatic carbocycles. The summed E-state index contributed by atoms with van der Waals surface area (Å²) >= 11 is 0. The Kier molecular flexibility index (Phi) is 5.44. The Labute approximate surface area is 147 Å². The summed E-state index contributed by atoms with van der Waals surface area (Å²) in [6, 6.07) is 3.41. The van der Waals surface area contributed by atoms with Gasteiger partial charge in [0.15, 0.2) is 5.76 Å². The molecule has 2 N–H and O–H groups in total. The molecule has 7 heteroatoms. The average Bonchev–Trinajstić information content (AvgIpc) is 3.06. The molecule has 3 heterocycles. The molecule has 1 amide bonds. The molecule has 0 unspecified atom stereocenters. The number of nitrogens with zero attached hydrogens (tertiary/aromatic N) is 1. The molecule has 2 aliphatic heterocycles. The highest BCUT2D eigenvalue weighted by molar-refractivity contribution is 5.95. The van der Waals surface area contributed by atoms with Gasteiger partial charge in [-0.15, -0.1) is 0 Å². The number of carboxylic acids is 1. The number of carbonyl (C=O) groups is 2. The molecule has 138 valence electrons. The first kappa shape index (κ1) is 17.9. The molecular formula is C18H26N2O5. The number of nitrogens with one attached hydrogen (secondary N) is 1. The minimum Gasteiger partial charge on any atom is -0.480 e. The number of furan rings is 1. The van der Waals surface area contributed by atoms with Crippen molar-refractivity contribution >= 4 is 11.9 Å². The number of piperidine rings is 1. The fourth-order valence-corrected chi connectivity index (χ4v) is 3.42. The third-order valence-corrected chi connectivity index (χ3v) is 5.25. The normalized spacial score (nSPS) is 21.8. The monoisotopic (exact) mass is 350 g/mol. The van der Waals surface area contributed by atoms with Crippen LogP contribution in [0.15, 0.2) is 16.5 Å². The SMILES string of the molecule is CC1CCN(Cc2ccc(C(=O)NC3(C(=O)O)CCOCC3)o2)CC1. The lowest BCUT2D eigenvalue weighted by Gasteiger charge is -2.33. The minimum atomic E-state index is -1.27. The van der Waals surface area contributed by atoms with Gasteiger partial charge in [-0.05, 0) is 44.0 Å². The Morgan fingerprint density at radius 2 is 1.96 bits per heavy atom. The second-order valence-corrected chi connectivity index (χ2v) is 7.18. The molecule has 1 aromatic heterocycles. The van der Waals surface area contributed by atoms with Gasteiger partial charge in [0.05, 0.1) is 6.54 Å². The van der Waals surface area contributed by atoms with Crippen molar-refractivity contribution in [1.29, 1.82) is 0 Å². The van der Waals surface area contributed by atoms with E-state index < -0.39 is 17.4 Å². The first-order valence-corrected chi connectivity index (χ1v) is 8.93. The summed E-state index contributed by atoms with van der Waals surface area (Å²) in [5.74, 6) is 0.144. The van der Waals surface area contributed by atoms with Gasteiger partial charge in [0, 0.05) is 26.1 Å². The summed E-state index contributed by atoms with van der Waals surface area (Å²) < 4.78 is 10.9. The van der Waals surface area contributed by atoms with Crippen LogP contribution in [0.3, 0.4) is 0 Å². The third kappa shape index (κ3) is 4.22. The average molecular weight is 350 g/mol. The maximum Gasteiger partial charge on any atom is 0.329 e. The molecule has 7 nitrogen and oxygen atoms in total. The van der Waals surface area contributed by atoms with Gasteiger partial charge in [0.2, 0.25) is 0 Å². The molecule has 2 saturated heterocycles. The number of amides is 1. The number of aliphatic carboxylic acids is 1. The van der Waals surface area contributed by atoms with E-state index in [1.54, 1.807) is 12.1 Å². The number of carboxylic acid groups (broad SMARTS) is 1. The lowest BCUT2D eigenvalue weighted by Crippen LogP contribution is -2.57. The largest absolute Gasteiger partial charge is 0.480 e. The highest BCUT2D eigenvalue weighted by Gasteiger charge is 2.42. The fraction of sp³-hybridized carbons (Fsp3) is 0.667. The van der Waals surface area contributed by atoms with Gasteiger partial charge in [-0.25, -0.2) is 4.79 Å². The molecule has 0 aliphatic carbocycles. The van der Waals surface area contributed by atoms with E-state index >= 15 is 0 Å². The van der Waals surface area contributed by atoms with Crippen LogP contribution in [0.2, 0.25) is 0 Å². The summed E-state index contributed by atoms with van der Waals surface area (Å²) in [6.45, 7) is 5.66. The van der Waals surface area contributed by atoms with Gasteiger partial charge in [-0.2, -0.15) is 0 Å². The topological polar surface area (TPSA) is 92.0 Å². The number of ether oxygens (including phenoxy) is 1. The molecular weight excluding hydrogens is 324 g/mol. The molecule has 2 fully saturated rings. The van der Waals surface area contributed by atoms with Crippen LogP contribution in [0.1, 0.15) is 48.9 Å². The van der Waals surface area contributed by atoms with E-state index in [4.69, 9.17) is 9.15 Å². The van der Waals surface area contributed by atoms with Crippen molar-refractivity contribution in [2.75, 3.05) is 26.3 Å². The van der Waals surface area contributed by atoms with Crippen molar-refractivity contribution in [3.05, 3.63) is 23.7 Å². The zero-order valence-electron chi connectivity index (χ0n) is 14.6. The second-order valence-electron chi connectivity index (χ2n) is 7.18. The Bertz CT molecular complexity index is 613. The highest BCUT2D eigenvalue weighted by Crippen LogP contribution is 2.23. The van der Waals surface area contributed by atoms with E-state index in [0.717, 1.165) is 24.8 Å². The van der Waals surface area contributed by atoms with E-state index in [9.17, 15) is 14.7 Å². The van der Waals surface area contributed by atoms with E-state index in [-0.39, 0.29) is 18.6 Å². The van der Waals surface area contributed by atoms with Crippen molar-refractivity contribution < 1.29 is 23.8 Å². The Balaban J connectivity index is 1.61. The number of likely N-dealkylation sites (tertiary alicyclic amines) is 1. The number of hydrogen-bond acceptors (Lipinski definition) is 5. The van der Waals surface area contributed by atoms with Gasteiger partial charge in [-0.3, -0.25) is 9.69 Å². The van der Waals surface area contributed by atoms with Crippen LogP contribution in [0.5, 0.6) is 0 Å². The molecule has 0 radical (unpaired) electrons. The van der Waals surface area contributed by atoms with Crippen molar-refractivity contribution in [3.63, 3.8) is 0 Å². The first-order chi connectivity index (χ1) is 12.0. The quantitative estimate of drug-likeness (QED) is 0.842. The van der Waals surface area contributed by atoms with E-state index in [2.05, 4.69) is 17.1 Å². The molecule has 0 bridgehead atoms. The maximum atomic E-state index is 12.4. The molecule has 3 rings (SSSR count). The van der Waals surface area contributed by atoms with Gasteiger partial charge in [0.1, 0.15) is 11.3 Å². The van der Waals surface area contributed by atoms with Crippen LogP contribution in [-0.4, -0.2) is 53.7 Å². The second kappa shape index (κ2) is 7.58. The standard InChI is InChI=1S/C18H26N2O5/c1-13-4-8-20(9-5-13)12-14-2-3-15(25-14)16(21)19-18(17(22)23)6-10-24-11-7-18/h2-3,13H,4-12H2,1H3,(H,19,21)(H,22,23). The summed E-state index contributed by atoms with van der Waals surface area (Å²) in [5.41, 5.74) is -1.27. The minimum absolute atomic E-state index is 0.160. The Hall–Kier alpha value is -1.86. The third-order valence-electron chi connectivity index (χ3n) is 5.25. The predicted molar refractivity (Wildman–Crippen MR) is 90.3 cm³/mol. The van der Waals surface area contributed by atoms with Crippen LogP contribution >= 0.6 is 0 Å². The zero-order valence-corrected chi connectivity index (χ0v) is 14.6. The zero-order chi connectivity index (χ0) is 17.9. The Morgan fingerprint density at radius 1 is 1.28 bits per heavy atom. The molecule has 0 atom stereocenters. The van der Waals surface area contributed by atoms with Gasteiger partial charge in [0.25, 0.3) is 5.91 Å². The van der Waals surface area contributed by atoms with Crippen molar-refractivity contribution in [3.8, 4) is 0 Å². The van der Waals surface area contributed by atoms with Crippen molar-refractivity contribution in [1.82, 2.24) is 10.2 Å². The van der Waals surface area contributed by atoms with Crippen LogP contribution in [0.25, 0.3) is 0 Å². The van der Waals surface area contributed by atoms with E-state index in [1.807, 2.05) is 0 Å². The Morgan fingerprint density at radius 3 is 2.60 bits per heavy atom. The molecule has 1 aromatic rings. The lowest BCUT2D eigenvalue weighted by atomic mass is 9.90. The van der Waals surface area contributed by atoms with Crippen molar-refractivity contribution in [2.45, 2.75) is 44.7 Å². The molecule has 2 aliphatic rings. The van der Waals surface area contributed by atoms with E-state index in [0.29, 0.717) is 19.8 Å². The summed E-state index contributed by atoms with van der Waals surface area (Å²) in [5, 5.41) is 12.2. The number of rotatable bonds is 5.